The van der Waals surface area contributed by atoms with E-state index in [0.717, 1.165) is 0 Å². The number of nitrogens with one attached hydrogen (secondary N) is 6. The third kappa shape index (κ3) is 36.6. The maximum Gasteiger partial charge on any atom is 0.234 e. The largest absolute Gasteiger partial charge is 0.394 e. The average Bonchev–Trinajstić information content (AvgIpc) is 0.823. The lowest BCUT2D eigenvalue weighted by molar-refractivity contribution is -0.282. The summed E-state index contributed by atoms with van der Waals surface area (Å²) in [6.45, 7) is 4.84. The number of Topliss-reactive ketones (excluding diaryl/α,β-unsaturated/α-hetero) is 3. The number of methoxy groups -OCH3 is 1. The molecule has 15 N–H and O–H groups in total. The Morgan fingerprint density at radius 3 is 1.24 bits per heavy atom. The maximum absolute atomic E-state index is 14.4. The smallest absolute Gasteiger partial charge is 0.234 e. The summed E-state index contributed by atoms with van der Waals surface area (Å²) in [4.78, 5) is 119. The van der Waals surface area contributed by atoms with Crippen LogP contribution in [0, 0.1) is 11.8 Å². The molecule has 584 valence electrons. The van der Waals surface area contributed by atoms with Gasteiger partial charge in [-0.25, -0.2) is 0 Å². The summed E-state index contributed by atoms with van der Waals surface area (Å²) in [5.41, 5.74) is 0. The van der Waals surface area contributed by atoms with Gasteiger partial charge in [-0.05, 0) is 96.3 Å². The van der Waals surface area contributed by atoms with Gasteiger partial charge in [0.05, 0.1) is 57.8 Å². The van der Waals surface area contributed by atoms with E-state index in [-0.39, 0.29) is 158 Å². The van der Waals surface area contributed by atoms with Crippen LogP contribution in [0.4, 0.5) is 0 Å². The summed E-state index contributed by atoms with van der Waals surface area (Å²) >= 11 is 0. The van der Waals surface area contributed by atoms with Crippen LogP contribution >= 0.6 is 0 Å². The van der Waals surface area contributed by atoms with E-state index in [2.05, 4.69) is 31.9 Å². The molecule has 32 heteroatoms. The first-order chi connectivity index (χ1) is 48.5. The fourth-order valence-electron chi connectivity index (χ4n) is 12.0. The molecule has 3 aliphatic heterocycles. The molecule has 6 amide bonds. The van der Waals surface area contributed by atoms with Crippen LogP contribution in [0.1, 0.15) is 188 Å². The first kappa shape index (κ1) is 90.4. The van der Waals surface area contributed by atoms with Crippen molar-refractivity contribution in [3.8, 4) is 0 Å². The molecule has 3 heterocycles. The van der Waals surface area contributed by atoms with Crippen LogP contribution in [0.15, 0.2) is 0 Å². The van der Waals surface area contributed by atoms with Crippen molar-refractivity contribution in [3.63, 3.8) is 0 Å². The minimum absolute atomic E-state index is 0.000279. The Balaban J connectivity index is 1.57. The van der Waals surface area contributed by atoms with E-state index in [0.29, 0.717) is 122 Å². The van der Waals surface area contributed by atoms with Gasteiger partial charge >= 0.3 is 0 Å². The molecule has 3 rings (SSSR count). The van der Waals surface area contributed by atoms with E-state index >= 15 is 0 Å². The Bertz CT molecular complexity index is 2380. The highest BCUT2D eigenvalue weighted by Gasteiger charge is 2.46. The van der Waals surface area contributed by atoms with E-state index in [1.165, 1.54) is 14.0 Å². The van der Waals surface area contributed by atoms with E-state index in [1.54, 1.807) is 18.7 Å². The molecule has 3 saturated heterocycles. The summed E-state index contributed by atoms with van der Waals surface area (Å²) in [7, 11) is 1.51. The Labute approximate surface area is 594 Å². The van der Waals surface area contributed by atoms with Crippen LogP contribution in [0.2, 0.25) is 0 Å². The molecule has 8 unspecified atom stereocenters. The molecule has 0 spiro atoms. The molecule has 0 bridgehead atoms. The number of carbonyl (C=O) groups excluding carboxylic acids is 9. The molecular weight excluding hydrogens is 1330 g/mol. The summed E-state index contributed by atoms with van der Waals surface area (Å²) in [6.07, 6.45) is -2.98. The molecule has 16 atom stereocenters. The van der Waals surface area contributed by atoms with Gasteiger partial charge in [-0.3, -0.25) is 48.1 Å². The highest BCUT2D eigenvalue weighted by atomic mass is 16.7. The van der Waals surface area contributed by atoms with Crippen molar-refractivity contribution in [2.75, 3.05) is 99.2 Å². The SMILES string of the molecule is COCCC(=O)CCCC(=O)NCCCCC(C(=O)CCCCNC(=O)CCCCCO[C@@H]1OC(CO)[C@H](O)[C@H](O)C1C)N(CC(=O)CCCCNC(=O)CCCCCO[C@@H]1OC(CO)C(O)[C@H](O)C1NC(C)=O)CC(=O)NCCCNC(=O)CCCCCO[C@@H]1OC(CO)[C@H](O)[C@H](O)C1C. The lowest BCUT2D eigenvalue weighted by atomic mass is 9.92. The molecular formula is C69H123N7O25. The van der Waals surface area contributed by atoms with Gasteiger partial charge in [0.2, 0.25) is 35.4 Å². The molecule has 0 aromatic heterocycles. The fourth-order valence-corrected chi connectivity index (χ4v) is 12.0. The van der Waals surface area contributed by atoms with E-state index in [1.807, 2.05) is 0 Å². The quantitative estimate of drug-likeness (QED) is 0.0321. The lowest BCUT2D eigenvalue weighted by Crippen LogP contribution is -2.64. The number of carbonyl (C=O) groups is 9. The second-order valence-electron chi connectivity index (χ2n) is 26.7. The van der Waals surface area contributed by atoms with Gasteiger partial charge in [0.15, 0.2) is 18.9 Å². The van der Waals surface area contributed by atoms with E-state index < -0.39 is 129 Å². The first-order valence-electron chi connectivity index (χ1n) is 36.6. The number of rotatable bonds is 57. The average molecular weight is 1450 g/mol. The summed E-state index contributed by atoms with van der Waals surface area (Å²) < 4.78 is 39.1. The van der Waals surface area contributed by atoms with Crippen LogP contribution in [0.3, 0.4) is 0 Å². The third-order valence-electron chi connectivity index (χ3n) is 18.2. The maximum atomic E-state index is 14.4. The van der Waals surface area contributed by atoms with Crippen molar-refractivity contribution in [3.05, 3.63) is 0 Å². The van der Waals surface area contributed by atoms with Gasteiger partial charge in [-0.15, -0.1) is 0 Å². The van der Waals surface area contributed by atoms with Gasteiger partial charge in [0, 0.05) is 130 Å². The Morgan fingerprint density at radius 1 is 0.396 bits per heavy atom. The number of amides is 6. The van der Waals surface area contributed by atoms with Crippen molar-refractivity contribution in [1.82, 2.24) is 36.8 Å². The predicted molar refractivity (Wildman–Crippen MR) is 364 cm³/mol. The summed E-state index contributed by atoms with van der Waals surface area (Å²) in [5.74, 6) is -3.20. The van der Waals surface area contributed by atoms with Crippen LogP contribution in [0.5, 0.6) is 0 Å². The second-order valence-corrected chi connectivity index (χ2v) is 26.7. The minimum atomic E-state index is -1.44. The minimum Gasteiger partial charge on any atom is -0.394 e. The van der Waals surface area contributed by atoms with E-state index in [4.69, 9.17) is 33.2 Å². The number of ether oxygens (including phenoxy) is 7. The first-order valence-corrected chi connectivity index (χ1v) is 36.6. The van der Waals surface area contributed by atoms with Gasteiger partial charge < -0.3 is 111 Å². The van der Waals surface area contributed by atoms with Crippen LogP contribution in [-0.4, -0.2) is 289 Å². The Hall–Kier alpha value is -4.85. The molecule has 0 saturated carbocycles. The molecule has 3 fully saturated rings. The van der Waals surface area contributed by atoms with Crippen molar-refractivity contribution < 1.29 is 122 Å². The van der Waals surface area contributed by atoms with Crippen LogP contribution in [0.25, 0.3) is 0 Å². The standard InChI is InChI=1S/C69H123N7O25/c1-45-61(89)63(91)52(42-77)99-67(45)96-36-17-5-8-26-56(85)71-33-16-13-25-51(83)50(24-12-15-32-72-58(87)29-20-23-48(81)30-39-95-4)76(41-59(88)74-35-21-34-73-57(86)28-9-6-18-37-97-68-46(2)62(90)64(92)53(43-78)100-68)40-49(82)22-11-14-31-70-55(84)27-10-7-19-38-98-69-60(75-47(3)80)66(94)65(93)54(44-79)101-69/h45-46,50,52-54,60-69,77-79,89-94H,5-44H2,1-4H3,(H,70,84)(H,71,85)(H,72,87)(H,73,86)(H,74,88)(H,75,80)/t45?,46?,50?,52?,53?,54?,60?,61-,62-,63+,64+,65?,66-,67-,68-,69-/m1/s1. The zero-order valence-electron chi connectivity index (χ0n) is 60.0. The molecule has 32 nitrogen and oxygen atoms in total. The van der Waals surface area contributed by atoms with Gasteiger partial charge in [0.1, 0.15) is 66.1 Å². The second kappa shape index (κ2) is 53.0. The predicted octanol–water partition coefficient (Wildman–Crippen LogP) is -1.12. The summed E-state index contributed by atoms with van der Waals surface area (Å²) in [5, 5.41) is 107. The molecule has 0 aromatic carbocycles. The van der Waals surface area contributed by atoms with Crippen LogP contribution < -0.4 is 31.9 Å². The Morgan fingerprint density at radius 2 is 0.782 bits per heavy atom. The number of hydrogen-bond donors (Lipinski definition) is 15. The number of ketones is 3. The molecule has 101 heavy (non-hydrogen) atoms. The fraction of sp³-hybridized carbons (Fsp3) is 0.870. The van der Waals surface area contributed by atoms with Crippen molar-refractivity contribution in [2.24, 2.45) is 11.8 Å². The third-order valence-corrected chi connectivity index (χ3v) is 18.2. The summed E-state index contributed by atoms with van der Waals surface area (Å²) in [6, 6.07) is -1.96. The number of hydrogen-bond acceptors (Lipinski definition) is 26. The number of aliphatic hydroxyl groups excluding tert-OH is 9. The topological polar surface area (TPSA) is 476 Å². The van der Waals surface area contributed by atoms with Crippen molar-refractivity contribution >= 4 is 52.8 Å². The molecule has 0 aliphatic carbocycles. The molecule has 0 aromatic rings. The van der Waals surface area contributed by atoms with Gasteiger partial charge in [-0.1, -0.05) is 33.1 Å². The number of aliphatic hydroxyl groups is 9. The highest BCUT2D eigenvalue weighted by molar-refractivity contribution is 5.88. The zero-order valence-corrected chi connectivity index (χ0v) is 60.0. The lowest BCUT2D eigenvalue weighted by Gasteiger charge is -2.42. The van der Waals surface area contributed by atoms with Gasteiger partial charge in [0.25, 0.3) is 0 Å². The number of nitrogens with zero attached hydrogens (tertiary/aromatic N) is 1. The van der Waals surface area contributed by atoms with Crippen molar-refractivity contribution in [1.29, 1.82) is 0 Å². The Kier molecular flexibility index (Phi) is 47.4. The normalized spacial score (nSPS) is 25.4. The van der Waals surface area contributed by atoms with E-state index in [9.17, 15) is 89.1 Å². The number of unbranched alkanes of at least 4 members (excludes halogenated alkanes) is 9. The van der Waals surface area contributed by atoms with Crippen LogP contribution in [-0.2, 0) is 76.3 Å². The van der Waals surface area contributed by atoms with Crippen molar-refractivity contribution in [2.45, 2.75) is 274 Å². The highest BCUT2D eigenvalue weighted by Crippen LogP contribution is 2.29. The van der Waals surface area contributed by atoms with Gasteiger partial charge in [-0.2, -0.15) is 0 Å². The molecule has 0 radical (unpaired) electrons. The monoisotopic (exact) mass is 1450 g/mol. The molecule has 3 aliphatic rings. The zero-order chi connectivity index (χ0) is 74.5.